The molecule has 1 heterocycles. The van der Waals surface area contributed by atoms with E-state index in [1.165, 1.54) is 12.1 Å². The van der Waals surface area contributed by atoms with Crippen LogP contribution in [0.5, 0.6) is 0 Å². The van der Waals surface area contributed by atoms with Gasteiger partial charge in [0.1, 0.15) is 5.82 Å². The first-order valence-corrected chi connectivity index (χ1v) is 6.52. The number of amides is 1. The second-order valence-corrected chi connectivity index (χ2v) is 5.35. The van der Waals surface area contributed by atoms with Crippen molar-refractivity contribution in [3.8, 4) is 0 Å². The highest BCUT2D eigenvalue weighted by Crippen LogP contribution is 2.37. The van der Waals surface area contributed by atoms with Gasteiger partial charge < -0.3 is 15.8 Å². The van der Waals surface area contributed by atoms with Crippen molar-refractivity contribution in [3.63, 3.8) is 0 Å². The van der Waals surface area contributed by atoms with Crippen LogP contribution in [0.4, 0.5) is 4.39 Å². The molecule has 0 aromatic heterocycles. The van der Waals surface area contributed by atoms with Crippen molar-refractivity contribution in [2.24, 2.45) is 11.7 Å². The van der Waals surface area contributed by atoms with Crippen LogP contribution in [0, 0.1) is 18.7 Å². The Morgan fingerprint density at radius 1 is 1.53 bits per heavy atom. The first-order chi connectivity index (χ1) is 9.08. The predicted molar refractivity (Wildman–Crippen MR) is 68.2 cm³/mol. The third-order valence-corrected chi connectivity index (χ3v) is 4.11. The SMILES string of the molecule is Cc1ccc(C(=O)NC2C(N)C3CCOC32)c(F)c1. The number of fused-ring (bicyclic) bond motifs is 1. The Bertz CT molecular complexity index is 520. The first-order valence-electron chi connectivity index (χ1n) is 6.52. The zero-order valence-electron chi connectivity index (χ0n) is 10.7. The number of carbonyl (C=O) groups excluding carboxylic acids is 1. The van der Waals surface area contributed by atoms with Gasteiger partial charge in [0.05, 0.1) is 17.7 Å². The lowest BCUT2D eigenvalue weighted by Gasteiger charge is -2.45. The maximum Gasteiger partial charge on any atom is 0.254 e. The Hall–Kier alpha value is -1.46. The minimum Gasteiger partial charge on any atom is -0.376 e. The molecule has 1 aliphatic heterocycles. The van der Waals surface area contributed by atoms with E-state index in [4.69, 9.17) is 10.5 Å². The van der Waals surface area contributed by atoms with E-state index in [0.29, 0.717) is 12.5 Å². The van der Waals surface area contributed by atoms with Crippen molar-refractivity contribution in [1.29, 1.82) is 0 Å². The number of benzene rings is 1. The van der Waals surface area contributed by atoms with Crippen LogP contribution in [0.15, 0.2) is 18.2 Å². The second-order valence-electron chi connectivity index (χ2n) is 5.35. The van der Waals surface area contributed by atoms with Crippen molar-refractivity contribution in [1.82, 2.24) is 5.32 Å². The Morgan fingerprint density at radius 2 is 2.32 bits per heavy atom. The fourth-order valence-corrected chi connectivity index (χ4v) is 2.96. The summed E-state index contributed by atoms with van der Waals surface area (Å²) < 4.78 is 19.2. The molecular weight excluding hydrogens is 247 g/mol. The van der Waals surface area contributed by atoms with Gasteiger partial charge in [0.25, 0.3) is 5.91 Å². The molecule has 1 saturated heterocycles. The van der Waals surface area contributed by atoms with Gasteiger partial charge in [-0.15, -0.1) is 0 Å². The molecule has 1 aromatic rings. The van der Waals surface area contributed by atoms with Crippen molar-refractivity contribution in [2.75, 3.05) is 6.61 Å². The van der Waals surface area contributed by atoms with Gasteiger partial charge in [-0.05, 0) is 31.0 Å². The number of carbonyl (C=O) groups is 1. The van der Waals surface area contributed by atoms with Crippen molar-refractivity contribution < 1.29 is 13.9 Å². The molecular formula is C14H17FN2O2. The number of hydrogen-bond donors (Lipinski definition) is 2. The summed E-state index contributed by atoms with van der Waals surface area (Å²) in [5.41, 5.74) is 6.85. The molecule has 4 nitrogen and oxygen atoms in total. The number of aryl methyl sites for hydroxylation is 1. The smallest absolute Gasteiger partial charge is 0.254 e. The predicted octanol–water partition coefficient (Wildman–Crippen LogP) is 0.979. The number of nitrogens with two attached hydrogens (primary N) is 1. The lowest BCUT2D eigenvalue weighted by Crippen LogP contribution is -2.69. The molecule has 2 fully saturated rings. The first kappa shape index (κ1) is 12.6. The average molecular weight is 264 g/mol. The molecule has 1 aromatic carbocycles. The van der Waals surface area contributed by atoms with Crippen molar-refractivity contribution >= 4 is 5.91 Å². The fourth-order valence-electron chi connectivity index (χ4n) is 2.96. The van der Waals surface area contributed by atoms with Gasteiger partial charge in [-0.3, -0.25) is 4.79 Å². The van der Waals surface area contributed by atoms with E-state index in [1.54, 1.807) is 13.0 Å². The summed E-state index contributed by atoms with van der Waals surface area (Å²) in [7, 11) is 0. The monoisotopic (exact) mass is 264 g/mol. The third kappa shape index (κ3) is 2.03. The van der Waals surface area contributed by atoms with E-state index >= 15 is 0 Å². The van der Waals surface area contributed by atoms with Crippen molar-refractivity contribution in [2.45, 2.75) is 31.5 Å². The maximum atomic E-state index is 13.7. The summed E-state index contributed by atoms with van der Waals surface area (Å²) in [6.07, 6.45) is 0.935. The number of ether oxygens (including phenoxy) is 1. The van der Waals surface area contributed by atoms with Crippen LogP contribution in [0.1, 0.15) is 22.3 Å². The topological polar surface area (TPSA) is 64.4 Å². The highest BCUT2D eigenvalue weighted by molar-refractivity contribution is 5.94. The molecule has 2 aliphatic rings. The number of halogens is 1. The van der Waals surface area contributed by atoms with Crippen LogP contribution in [-0.2, 0) is 4.74 Å². The lowest BCUT2D eigenvalue weighted by atomic mass is 9.72. The van der Waals surface area contributed by atoms with Crippen molar-refractivity contribution in [3.05, 3.63) is 35.1 Å². The number of nitrogens with one attached hydrogen (secondary N) is 1. The van der Waals surface area contributed by atoms with E-state index in [0.717, 1.165) is 12.0 Å². The summed E-state index contributed by atoms with van der Waals surface area (Å²) in [5.74, 6) is -0.602. The molecule has 1 saturated carbocycles. The molecule has 0 spiro atoms. The molecule has 1 amide bonds. The second kappa shape index (κ2) is 4.58. The molecule has 3 rings (SSSR count). The molecule has 4 atom stereocenters. The van der Waals surface area contributed by atoms with E-state index in [-0.39, 0.29) is 23.8 Å². The Morgan fingerprint density at radius 3 is 3.05 bits per heavy atom. The summed E-state index contributed by atoms with van der Waals surface area (Å²) >= 11 is 0. The van der Waals surface area contributed by atoms with Crippen LogP contribution in [0.25, 0.3) is 0 Å². The summed E-state index contributed by atoms with van der Waals surface area (Å²) in [4.78, 5) is 12.1. The molecule has 3 N–H and O–H groups in total. The van der Waals surface area contributed by atoms with Crippen LogP contribution in [-0.4, -0.2) is 30.7 Å². The number of hydrogen-bond acceptors (Lipinski definition) is 3. The molecule has 19 heavy (non-hydrogen) atoms. The van der Waals surface area contributed by atoms with Gasteiger partial charge in [-0.1, -0.05) is 6.07 Å². The minimum absolute atomic E-state index is 0.00698. The number of rotatable bonds is 2. The van der Waals surface area contributed by atoms with Crippen LogP contribution in [0.2, 0.25) is 0 Å². The highest BCUT2D eigenvalue weighted by atomic mass is 19.1. The standard InChI is InChI=1S/C14H17FN2O2/c1-7-2-3-8(10(15)6-7)14(18)17-12-11(16)9-4-5-19-13(9)12/h2-3,6,9,11-13H,4-5,16H2,1H3,(H,17,18). The Kier molecular flexibility index (Phi) is 3.03. The van der Waals surface area contributed by atoms with E-state index < -0.39 is 11.7 Å². The van der Waals surface area contributed by atoms with Crippen LogP contribution < -0.4 is 11.1 Å². The summed E-state index contributed by atoms with van der Waals surface area (Å²) in [5, 5.41) is 2.79. The average Bonchev–Trinajstić information content (AvgIpc) is 2.80. The minimum atomic E-state index is -0.505. The Labute approximate surface area is 111 Å². The van der Waals surface area contributed by atoms with E-state index in [9.17, 15) is 9.18 Å². The summed E-state index contributed by atoms with van der Waals surface area (Å²) in [6.45, 7) is 2.47. The molecule has 5 heteroatoms. The van der Waals surface area contributed by atoms with Crippen LogP contribution in [0.3, 0.4) is 0 Å². The highest BCUT2D eigenvalue weighted by Gasteiger charge is 2.52. The van der Waals surface area contributed by atoms with Gasteiger partial charge in [0.15, 0.2) is 0 Å². The zero-order valence-corrected chi connectivity index (χ0v) is 10.7. The van der Waals surface area contributed by atoms with Gasteiger partial charge in [0, 0.05) is 18.6 Å². The molecule has 102 valence electrons. The van der Waals surface area contributed by atoms with Gasteiger partial charge in [-0.25, -0.2) is 4.39 Å². The molecule has 0 radical (unpaired) electrons. The summed E-state index contributed by atoms with van der Waals surface area (Å²) in [6, 6.07) is 4.26. The lowest BCUT2D eigenvalue weighted by molar-refractivity contribution is -0.0161. The van der Waals surface area contributed by atoms with Crippen LogP contribution >= 0.6 is 0 Å². The van der Waals surface area contributed by atoms with Gasteiger partial charge >= 0.3 is 0 Å². The maximum absolute atomic E-state index is 13.7. The molecule has 4 unspecified atom stereocenters. The Balaban J connectivity index is 1.71. The quantitative estimate of drug-likeness (QED) is 0.837. The largest absolute Gasteiger partial charge is 0.376 e. The van der Waals surface area contributed by atoms with Gasteiger partial charge in [0.2, 0.25) is 0 Å². The third-order valence-electron chi connectivity index (χ3n) is 4.11. The normalized spacial score (nSPS) is 32.6. The zero-order chi connectivity index (χ0) is 13.6. The van der Waals surface area contributed by atoms with E-state index in [2.05, 4.69) is 5.32 Å². The van der Waals surface area contributed by atoms with E-state index in [1.807, 2.05) is 0 Å². The van der Waals surface area contributed by atoms with Gasteiger partial charge in [-0.2, -0.15) is 0 Å². The molecule has 0 bridgehead atoms. The fraction of sp³-hybridized carbons (Fsp3) is 0.500. The molecule has 1 aliphatic carbocycles.